The summed E-state index contributed by atoms with van der Waals surface area (Å²) in [5, 5.41) is 3.72. The van der Waals surface area contributed by atoms with E-state index < -0.39 is 0 Å². The normalized spacial score (nSPS) is 24.1. The lowest BCUT2D eigenvalue weighted by atomic mass is 9.80. The summed E-state index contributed by atoms with van der Waals surface area (Å²) in [4.78, 5) is 9.91. The van der Waals surface area contributed by atoms with Crippen molar-refractivity contribution in [3.63, 3.8) is 0 Å². The molecule has 2 atom stereocenters. The third-order valence-electron chi connectivity index (χ3n) is 7.24. The van der Waals surface area contributed by atoms with Crippen molar-refractivity contribution in [1.82, 2.24) is 10.2 Å². The quantitative estimate of drug-likeness (QED) is 0.756. The van der Waals surface area contributed by atoms with Gasteiger partial charge in [-0.05, 0) is 48.2 Å². The molecule has 1 N–H and O–H groups in total. The summed E-state index contributed by atoms with van der Waals surface area (Å²) in [6.07, 6.45) is 3.32. The monoisotopic (exact) mass is 434 g/mol. The van der Waals surface area contributed by atoms with Crippen molar-refractivity contribution in [2.75, 3.05) is 58.4 Å². The van der Waals surface area contributed by atoms with Crippen LogP contribution in [-0.2, 0) is 6.42 Å². The number of benzene rings is 2. The van der Waals surface area contributed by atoms with E-state index in [1.165, 1.54) is 29.1 Å². The lowest BCUT2D eigenvalue weighted by Crippen LogP contribution is -2.47. The molecule has 3 aliphatic rings. The Morgan fingerprint density at radius 1 is 1.03 bits per heavy atom. The van der Waals surface area contributed by atoms with E-state index in [1.807, 2.05) is 12.1 Å². The third-order valence-corrected chi connectivity index (χ3v) is 7.24. The van der Waals surface area contributed by atoms with Crippen LogP contribution in [0.2, 0.25) is 0 Å². The Kier molecular flexibility index (Phi) is 6.21. The van der Waals surface area contributed by atoms with Gasteiger partial charge in [0.25, 0.3) is 0 Å². The van der Waals surface area contributed by atoms with E-state index in [9.17, 15) is 0 Å². The second kappa shape index (κ2) is 9.41. The van der Waals surface area contributed by atoms with Crippen LogP contribution in [0, 0.1) is 0 Å². The molecule has 2 saturated heterocycles. The van der Waals surface area contributed by atoms with Crippen LogP contribution in [-0.4, -0.2) is 70.3 Å². The Bertz CT molecular complexity index is 968. The molecule has 0 saturated carbocycles. The Labute approximate surface area is 191 Å². The first-order valence-corrected chi connectivity index (χ1v) is 11.8. The van der Waals surface area contributed by atoms with Crippen molar-refractivity contribution in [3.8, 4) is 11.5 Å². The summed E-state index contributed by atoms with van der Waals surface area (Å²) in [6, 6.07) is 15.4. The second-order valence-corrected chi connectivity index (χ2v) is 8.99. The average Bonchev–Trinajstić information content (AvgIpc) is 3.27. The number of anilines is 1. The molecule has 2 aromatic carbocycles. The number of ether oxygens (including phenoxy) is 2. The summed E-state index contributed by atoms with van der Waals surface area (Å²) in [5.41, 5.74) is 4.12. The standard InChI is InChI=1S/C26H34N4O2/c1-31-20-8-9-21-19(17-20)7-10-23-22(21)18-26(28-23)27-11-12-29-13-15-30(16-14-29)24-5-3-4-6-25(24)32-2/h3-6,8-9,17,22-23H,7,10-16,18H2,1-2H3,(H,27,28)/t22-,23+/m0/s1. The Balaban J connectivity index is 1.13. The van der Waals surface area contributed by atoms with Crippen molar-refractivity contribution in [1.29, 1.82) is 0 Å². The van der Waals surface area contributed by atoms with Gasteiger partial charge in [-0.1, -0.05) is 18.2 Å². The smallest absolute Gasteiger partial charge is 0.142 e. The van der Waals surface area contributed by atoms with E-state index >= 15 is 0 Å². The van der Waals surface area contributed by atoms with Crippen LogP contribution in [0.5, 0.6) is 11.5 Å². The molecule has 0 aromatic heterocycles. The third kappa shape index (κ3) is 4.29. The molecular formula is C26H34N4O2. The van der Waals surface area contributed by atoms with E-state index in [1.54, 1.807) is 14.2 Å². The highest BCUT2D eigenvalue weighted by molar-refractivity contribution is 5.86. The molecule has 2 fully saturated rings. The fraction of sp³-hybridized carbons (Fsp3) is 0.500. The molecule has 0 bridgehead atoms. The maximum absolute atomic E-state index is 5.53. The van der Waals surface area contributed by atoms with E-state index in [4.69, 9.17) is 14.5 Å². The molecule has 0 radical (unpaired) electrons. The molecule has 0 amide bonds. The lowest BCUT2D eigenvalue weighted by Gasteiger charge is -2.36. The zero-order valence-corrected chi connectivity index (χ0v) is 19.2. The van der Waals surface area contributed by atoms with Crippen LogP contribution in [0.15, 0.2) is 47.5 Å². The summed E-state index contributed by atoms with van der Waals surface area (Å²) in [7, 11) is 3.49. The minimum absolute atomic E-state index is 0.527. The molecule has 5 rings (SSSR count). The number of nitrogens with one attached hydrogen (secondary N) is 1. The summed E-state index contributed by atoms with van der Waals surface area (Å²) >= 11 is 0. The maximum atomic E-state index is 5.53. The van der Waals surface area contributed by atoms with E-state index in [-0.39, 0.29) is 0 Å². The highest BCUT2D eigenvalue weighted by Crippen LogP contribution is 2.39. The number of para-hydroxylation sites is 2. The number of fused-ring (bicyclic) bond motifs is 3. The van der Waals surface area contributed by atoms with Crippen LogP contribution in [0.25, 0.3) is 0 Å². The predicted octanol–water partition coefficient (Wildman–Crippen LogP) is 3.32. The van der Waals surface area contributed by atoms with Crippen LogP contribution in [0.1, 0.15) is 29.9 Å². The van der Waals surface area contributed by atoms with E-state index in [2.05, 4.69) is 45.4 Å². The largest absolute Gasteiger partial charge is 0.497 e. The Morgan fingerprint density at radius 2 is 1.88 bits per heavy atom. The highest BCUT2D eigenvalue weighted by atomic mass is 16.5. The minimum atomic E-state index is 0.527. The molecule has 2 aromatic rings. The SMILES string of the molecule is COc1ccc2c(c1)CC[C@H]1NC(=NCCN3CCN(c4ccccc4OC)CC3)C[C@@H]21. The van der Waals surface area contributed by atoms with Gasteiger partial charge in [-0.2, -0.15) is 0 Å². The van der Waals surface area contributed by atoms with Crippen LogP contribution >= 0.6 is 0 Å². The van der Waals surface area contributed by atoms with Gasteiger partial charge in [0.15, 0.2) is 0 Å². The first-order valence-electron chi connectivity index (χ1n) is 11.8. The zero-order chi connectivity index (χ0) is 21.9. The van der Waals surface area contributed by atoms with Gasteiger partial charge in [0.1, 0.15) is 11.5 Å². The van der Waals surface area contributed by atoms with Gasteiger partial charge >= 0.3 is 0 Å². The number of aryl methyl sites for hydroxylation is 1. The molecule has 6 heteroatoms. The van der Waals surface area contributed by atoms with Crippen LogP contribution in [0.4, 0.5) is 5.69 Å². The van der Waals surface area contributed by atoms with Crippen molar-refractivity contribution in [2.45, 2.75) is 31.2 Å². The van der Waals surface area contributed by atoms with Gasteiger partial charge in [0.2, 0.25) is 0 Å². The highest BCUT2D eigenvalue weighted by Gasteiger charge is 2.36. The van der Waals surface area contributed by atoms with Gasteiger partial charge in [-0.15, -0.1) is 0 Å². The topological polar surface area (TPSA) is 49.3 Å². The predicted molar refractivity (Wildman–Crippen MR) is 130 cm³/mol. The van der Waals surface area contributed by atoms with Crippen LogP contribution < -0.4 is 19.7 Å². The number of methoxy groups -OCH3 is 2. The van der Waals surface area contributed by atoms with Gasteiger partial charge in [0, 0.05) is 51.1 Å². The fourth-order valence-corrected chi connectivity index (χ4v) is 5.46. The molecule has 0 unspecified atom stereocenters. The maximum Gasteiger partial charge on any atom is 0.142 e. The molecule has 1 aliphatic carbocycles. The number of aliphatic imine (C=N–C) groups is 1. The second-order valence-electron chi connectivity index (χ2n) is 8.99. The number of piperazine rings is 1. The fourth-order valence-electron chi connectivity index (χ4n) is 5.46. The molecule has 6 nitrogen and oxygen atoms in total. The lowest BCUT2D eigenvalue weighted by molar-refractivity contribution is 0.264. The molecule has 170 valence electrons. The minimum Gasteiger partial charge on any atom is -0.497 e. The van der Waals surface area contributed by atoms with Gasteiger partial charge < -0.3 is 19.7 Å². The molecule has 0 spiro atoms. The summed E-state index contributed by atoms with van der Waals surface area (Å²) < 4.78 is 10.9. The summed E-state index contributed by atoms with van der Waals surface area (Å²) in [5.74, 6) is 3.66. The van der Waals surface area contributed by atoms with E-state index in [0.717, 1.165) is 63.6 Å². The van der Waals surface area contributed by atoms with Crippen molar-refractivity contribution in [3.05, 3.63) is 53.6 Å². The first kappa shape index (κ1) is 21.1. The average molecular weight is 435 g/mol. The van der Waals surface area contributed by atoms with Crippen molar-refractivity contribution in [2.24, 2.45) is 4.99 Å². The summed E-state index contributed by atoms with van der Waals surface area (Å²) in [6.45, 7) is 6.08. The number of hydrogen-bond donors (Lipinski definition) is 1. The number of nitrogens with zero attached hydrogens (tertiary/aromatic N) is 3. The van der Waals surface area contributed by atoms with Gasteiger partial charge in [0.05, 0.1) is 32.3 Å². The molecule has 2 aliphatic heterocycles. The number of hydrogen-bond acceptors (Lipinski definition) is 5. The zero-order valence-electron chi connectivity index (χ0n) is 19.2. The van der Waals surface area contributed by atoms with E-state index in [0.29, 0.717) is 12.0 Å². The number of rotatable bonds is 6. The van der Waals surface area contributed by atoms with Crippen molar-refractivity contribution < 1.29 is 9.47 Å². The Morgan fingerprint density at radius 3 is 2.69 bits per heavy atom. The van der Waals surface area contributed by atoms with Crippen LogP contribution in [0.3, 0.4) is 0 Å². The van der Waals surface area contributed by atoms with Gasteiger partial charge in [-0.25, -0.2) is 0 Å². The molecule has 2 heterocycles. The first-order chi connectivity index (χ1) is 15.7. The van der Waals surface area contributed by atoms with Crippen molar-refractivity contribution >= 4 is 11.5 Å². The Hall–Kier alpha value is -2.73. The molecule has 32 heavy (non-hydrogen) atoms. The van der Waals surface area contributed by atoms with Gasteiger partial charge in [-0.3, -0.25) is 9.89 Å². The molecular weight excluding hydrogens is 400 g/mol. The number of amidine groups is 1.